The van der Waals surface area contributed by atoms with Gasteiger partial charge in [-0.2, -0.15) is 5.10 Å². The highest BCUT2D eigenvalue weighted by Gasteiger charge is 2.28. The quantitative estimate of drug-likeness (QED) is 0.609. The van der Waals surface area contributed by atoms with E-state index in [9.17, 15) is 14.4 Å². The summed E-state index contributed by atoms with van der Waals surface area (Å²) in [6.07, 6.45) is 1.88. The average molecular weight is 376 g/mol. The normalized spacial score (nSPS) is 11.6. The third kappa shape index (κ3) is 4.32. The van der Waals surface area contributed by atoms with Crippen molar-refractivity contribution < 1.29 is 14.4 Å². The number of hydrogen-bond acceptors (Lipinski definition) is 4. The second kappa shape index (κ2) is 8.30. The molecule has 1 aromatic heterocycles. The first-order valence-electron chi connectivity index (χ1n) is 8.73. The number of rotatable bonds is 7. The van der Waals surface area contributed by atoms with Gasteiger partial charge in [-0.3, -0.25) is 19.1 Å². The van der Waals surface area contributed by atoms with Crippen LogP contribution in [0.2, 0.25) is 0 Å². The van der Waals surface area contributed by atoms with Crippen LogP contribution in [0.25, 0.3) is 11.1 Å². The van der Waals surface area contributed by atoms with E-state index in [-0.39, 0.29) is 12.1 Å². The van der Waals surface area contributed by atoms with Gasteiger partial charge in [-0.1, -0.05) is 60.7 Å². The highest BCUT2D eigenvalue weighted by atomic mass is 16.2. The van der Waals surface area contributed by atoms with Gasteiger partial charge in [-0.25, -0.2) is 0 Å². The Hall–Kier alpha value is -3.74. The number of nitrogens with zero attached hydrogens (tertiary/aromatic N) is 2. The molecule has 1 atom stereocenters. The number of amides is 2. The standard InChI is InChI=1S/C21H20N4O3/c1-25-13-16(15-10-6-3-7-11-15)18(24-25)21(28)23-17(19(26)20(22)27)12-14-8-4-2-5-9-14/h2-11,13,17H,12H2,1H3,(H2,22,27)(H,23,28). The summed E-state index contributed by atoms with van der Waals surface area (Å²) in [5.74, 6) is -2.49. The Morgan fingerprint density at radius 3 is 2.25 bits per heavy atom. The van der Waals surface area contributed by atoms with E-state index in [0.717, 1.165) is 11.1 Å². The second-order valence-corrected chi connectivity index (χ2v) is 6.38. The maximum absolute atomic E-state index is 12.9. The summed E-state index contributed by atoms with van der Waals surface area (Å²) in [5.41, 5.74) is 7.59. The first-order valence-corrected chi connectivity index (χ1v) is 8.73. The van der Waals surface area contributed by atoms with E-state index in [1.165, 1.54) is 4.68 Å². The van der Waals surface area contributed by atoms with Crippen molar-refractivity contribution in [3.63, 3.8) is 0 Å². The van der Waals surface area contributed by atoms with E-state index in [1.807, 2.05) is 60.7 Å². The molecule has 7 nitrogen and oxygen atoms in total. The first-order chi connectivity index (χ1) is 13.5. The van der Waals surface area contributed by atoms with Crippen LogP contribution in [-0.4, -0.2) is 33.4 Å². The molecular weight excluding hydrogens is 356 g/mol. The maximum Gasteiger partial charge on any atom is 0.287 e. The molecule has 0 saturated heterocycles. The van der Waals surface area contributed by atoms with Crippen molar-refractivity contribution in [2.45, 2.75) is 12.5 Å². The van der Waals surface area contributed by atoms with Crippen LogP contribution in [0.1, 0.15) is 16.1 Å². The Morgan fingerprint density at radius 1 is 1.04 bits per heavy atom. The first kappa shape index (κ1) is 19.0. The number of hydrogen-bond donors (Lipinski definition) is 2. The van der Waals surface area contributed by atoms with Gasteiger partial charge >= 0.3 is 0 Å². The van der Waals surface area contributed by atoms with Crippen molar-refractivity contribution in [2.75, 3.05) is 0 Å². The lowest BCUT2D eigenvalue weighted by Gasteiger charge is -2.16. The summed E-state index contributed by atoms with van der Waals surface area (Å²) in [5, 5.41) is 6.85. The predicted octanol–water partition coefficient (Wildman–Crippen LogP) is 1.48. The van der Waals surface area contributed by atoms with Crippen molar-refractivity contribution in [2.24, 2.45) is 12.8 Å². The molecule has 142 valence electrons. The minimum atomic E-state index is -1.09. The molecule has 1 unspecified atom stereocenters. The molecule has 7 heteroatoms. The summed E-state index contributed by atoms with van der Waals surface area (Å²) < 4.78 is 1.53. The SMILES string of the molecule is Cn1cc(-c2ccccc2)c(C(=O)NC(Cc2ccccc2)C(=O)C(N)=O)n1. The number of nitrogens with two attached hydrogens (primary N) is 1. The fraction of sp³-hybridized carbons (Fsp3) is 0.143. The van der Waals surface area contributed by atoms with E-state index in [1.54, 1.807) is 13.2 Å². The van der Waals surface area contributed by atoms with Gasteiger partial charge < -0.3 is 11.1 Å². The van der Waals surface area contributed by atoms with Gasteiger partial charge in [0, 0.05) is 25.2 Å². The molecule has 1 heterocycles. The number of aryl methyl sites for hydroxylation is 1. The molecule has 0 fully saturated rings. The van der Waals surface area contributed by atoms with Crippen LogP contribution in [0, 0.1) is 0 Å². The molecule has 2 amide bonds. The summed E-state index contributed by atoms with van der Waals surface area (Å²) >= 11 is 0. The Bertz CT molecular complexity index is 997. The Labute approximate surface area is 162 Å². The number of carbonyl (C=O) groups is 3. The summed E-state index contributed by atoms with van der Waals surface area (Å²) in [6.45, 7) is 0. The smallest absolute Gasteiger partial charge is 0.287 e. The Kier molecular flexibility index (Phi) is 5.64. The van der Waals surface area contributed by atoms with Gasteiger partial charge in [-0.15, -0.1) is 0 Å². The largest absolute Gasteiger partial charge is 0.363 e. The van der Waals surface area contributed by atoms with Gasteiger partial charge in [0.25, 0.3) is 11.8 Å². The van der Waals surface area contributed by atoms with E-state index in [0.29, 0.717) is 5.56 Å². The Balaban J connectivity index is 1.88. The molecule has 0 spiro atoms. The van der Waals surface area contributed by atoms with Crippen LogP contribution in [0.5, 0.6) is 0 Å². The van der Waals surface area contributed by atoms with Gasteiger partial charge in [0.1, 0.15) is 6.04 Å². The van der Waals surface area contributed by atoms with Crippen LogP contribution in [-0.2, 0) is 23.1 Å². The molecule has 0 aliphatic carbocycles. The maximum atomic E-state index is 12.9. The number of benzene rings is 2. The lowest BCUT2D eigenvalue weighted by molar-refractivity contribution is -0.137. The molecule has 28 heavy (non-hydrogen) atoms. The van der Waals surface area contributed by atoms with Crippen molar-refractivity contribution in [1.82, 2.24) is 15.1 Å². The molecular formula is C21H20N4O3. The molecule has 0 aliphatic heterocycles. The lowest BCUT2D eigenvalue weighted by atomic mass is 10.0. The molecule has 3 aromatic rings. The fourth-order valence-corrected chi connectivity index (χ4v) is 2.94. The van der Waals surface area contributed by atoms with Crippen molar-refractivity contribution in [3.8, 4) is 11.1 Å². The van der Waals surface area contributed by atoms with Crippen molar-refractivity contribution in [1.29, 1.82) is 0 Å². The highest BCUT2D eigenvalue weighted by molar-refractivity contribution is 6.38. The lowest BCUT2D eigenvalue weighted by Crippen LogP contribution is -2.47. The summed E-state index contributed by atoms with van der Waals surface area (Å²) in [6, 6.07) is 17.3. The average Bonchev–Trinajstić information content (AvgIpc) is 3.10. The number of carbonyl (C=O) groups excluding carboxylic acids is 3. The zero-order valence-electron chi connectivity index (χ0n) is 15.3. The van der Waals surface area contributed by atoms with Crippen molar-refractivity contribution in [3.05, 3.63) is 78.1 Å². The monoisotopic (exact) mass is 376 g/mol. The summed E-state index contributed by atoms with van der Waals surface area (Å²) in [7, 11) is 1.71. The Morgan fingerprint density at radius 2 is 1.64 bits per heavy atom. The highest BCUT2D eigenvalue weighted by Crippen LogP contribution is 2.22. The van der Waals surface area contributed by atoms with Crippen LogP contribution in [0.3, 0.4) is 0 Å². The van der Waals surface area contributed by atoms with Crippen LogP contribution < -0.4 is 11.1 Å². The molecule has 0 aliphatic rings. The number of primary amides is 1. The number of Topliss-reactive ketones (excluding diaryl/α,β-unsaturated/α-hetero) is 1. The molecule has 0 saturated carbocycles. The van der Waals surface area contributed by atoms with Crippen LogP contribution in [0.15, 0.2) is 66.9 Å². The van der Waals surface area contributed by atoms with E-state index in [2.05, 4.69) is 10.4 Å². The molecule has 0 radical (unpaired) electrons. The van der Waals surface area contributed by atoms with Crippen LogP contribution >= 0.6 is 0 Å². The number of aromatic nitrogens is 2. The third-order valence-corrected chi connectivity index (χ3v) is 4.28. The number of ketones is 1. The van der Waals surface area contributed by atoms with E-state index >= 15 is 0 Å². The van der Waals surface area contributed by atoms with Gasteiger partial charge in [0.2, 0.25) is 5.78 Å². The second-order valence-electron chi connectivity index (χ2n) is 6.38. The minimum absolute atomic E-state index is 0.155. The molecule has 2 aromatic carbocycles. The van der Waals surface area contributed by atoms with E-state index < -0.39 is 23.6 Å². The number of nitrogens with one attached hydrogen (secondary N) is 1. The fourth-order valence-electron chi connectivity index (χ4n) is 2.94. The molecule has 0 bridgehead atoms. The zero-order valence-corrected chi connectivity index (χ0v) is 15.3. The van der Waals surface area contributed by atoms with Crippen molar-refractivity contribution >= 4 is 17.6 Å². The predicted molar refractivity (Wildman–Crippen MR) is 104 cm³/mol. The topological polar surface area (TPSA) is 107 Å². The molecule has 3 N–H and O–H groups in total. The van der Waals surface area contributed by atoms with E-state index in [4.69, 9.17) is 5.73 Å². The molecule has 3 rings (SSSR count). The zero-order chi connectivity index (χ0) is 20.1. The van der Waals surface area contributed by atoms with Crippen LogP contribution in [0.4, 0.5) is 0 Å². The summed E-state index contributed by atoms with van der Waals surface area (Å²) in [4.78, 5) is 36.6. The third-order valence-electron chi connectivity index (χ3n) is 4.28. The minimum Gasteiger partial charge on any atom is -0.363 e. The van der Waals surface area contributed by atoms with Gasteiger partial charge in [0.05, 0.1) is 0 Å². The van der Waals surface area contributed by atoms with Gasteiger partial charge in [-0.05, 0) is 11.1 Å². The van der Waals surface area contributed by atoms with Gasteiger partial charge in [0.15, 0.2) is 5.69 Å².